The molecule has 0 aliphatic carbocycles. The second-order valence-electron chi connectivity index (χ2n) is 10.5. The molecule has 0 atom stereocenters. The number of phenolic OH excluding ortho intramolecular Hbond substituents is 1. The summed E-state index contributed by atoms with van der Waals surface area (Å²) in [5, 5.41) is 22.3. The number of hydrogen-bond acceptors (Lipinski definition) is 5. The number of aromatic amines is 1. The van der Waals surface area contributed by atoms with Gasteiger partial charge in [-0.1, -0.05) is 78.3 Å². The number of alkyl halides is 2. The van der Waals surface area contributed by atoms with Crippen LogP contribution >= 0.6 is 23.2 Å². The summed E-state index contributed by atoms with van der Waals surface area (Å²) in [4.78, 5) is 18.9. The van der Waals surface area contributed by atoms with Crippen LogP contribution in [-0.2, 0) is 11.2 Å². The van der Waals surface area contributed by atoms with Crippen molar-refractivity contribution in [3.8, 4) is 22.8 Å². The summed E-state index contributed by atoms with van der Waals surface area (Å²) in [7, 11) is 0. The van der Waals surface area contributed by atoms with Gasteiger partial charge in [0.05, 0.1) is 25.5 Å². The van der Waals surface area contributed by atoms with E-state index in [1.807, 2.05) is 101 Å². The minimum Gasteiger partial charge on any atom is -0.507 e. The minimum absolute atomic E-state index is 0.00498. The van der Waals surface area contributed by atoms with Crippen LogP contribution in [-0.4, -0.2) is 66.8 Å². The number of carbonyl (C=O) groups excluding carboxylic acids is 1. The third kappa shape index (κ3) is 11.4. The molecule has 9 heteroatoms. The van der Waals surface area contributed by atoms with E-state index < -0.39 is 0 Å². The van der Waals surface area contributed by atoms with Crippen LogP contribution in [0.2, 0.25) is 0 Å². The highest BCUT2D eigenvalue weighted by Gasteiger charge is 2.29. The first-order valence-corrected chi connectivity index (χ1v) is 18.8. The summed E-state index contributed by atoms with van der Waals surface area (Å²) in [6, 6.07) is 23.2. The van der Waals surface area contributed by atoms with Gasteiger partial charge in [0.15, 0.2) is 0 Å². The molecule has 0 fully saturated rings. The zero-order chi connectivity index (χ0) is 37.6. The van der Waals surface area contributed by atoms with Crippen LogP contribution in [0.3, 0.4) is 0 Å². The Labute approximate surface area is 309 Å². The molecule has 0 unspecified atom stereocenters. The standard InChI is InChI=1S/C32H30N2O5.C3H8.2C2H6.2CH3Cl/c1-20-4-2-7-26-30(36)19-29-25(31(20)26)10-11-34(29)32(37)22-8-9-27-23(16-22)18-28(33-27)21-5-3-6-24(17-21)39-15-14-38-13-12-35;1-3-2;4*1-2/h2-9,16-19,33,35-36H,10-15H2,1H3;3H2,1-2H3;2*1-2H3;2*1H3. The summed E-state index contributed by atoms with van der Waals surface area (Å²) in [6.07, 6.45) is 4.95. The number of phenols is 1. The van der Waals surface area contributed by atoms with E-state index in [2.05, 4.69) is 42.0 Å². The lowest BCUT2D eigenvalue weighted by Crippen LogP contribution is -2.28. The van der Waals surface area contributed by atoms with Gasteiger partial charge in [0.25, 0.3) is 5.91 Å². The number of nitrogens with one attached hydrogen (secondary N) is 1. The number of ether oxygens (including phenoxy) is 2. The molecule has 0 spiro atoms. The first-order valence-electron chi connectivity index (χ1n) is 17.3. The monoisotopic (exact) mass is 726 g/mol. The van der Waals surface area contributed by atoms with Gasteiger partial charge in [-0.3, -0.25) is 4.79 Å². The fourth-order valence-corrected chi connectivity index (χ4v) is 5.47. The molecule has 6 rings (SSSR count). The van der Waals surface area contributed by atoms with E-state index in [9.17, 15) is 9.90 Å². The number of rotatable bonds is 8. The number of anilines is 1. The fraction of sp³-hybridized carbons (Fsp3) is 0.390. The van der Waals surface area contributed by atoms with Crippen LogP contribution in [0.25, 0.3) is 32.9 Å². The quantitative estimate of drug-likeness (QED) is 0.109. The molecule has 0 bridgehead atoms. The average molecular weight is 728 g/mol. The van der Waals surface area contributed by atoms with Crippen molar-refractivity contribution in [2.45, 2.75) is 61.3 Å². The maximum Gasteiger partial charge on any atom is 0.258 e. The number of halogens is 2. The lowest BCUT2D eigenvalue weighted by molar-refractivity contribution is 0.0705. The highest BCUT2D eigenvalue weighted by molar-refractivity contribution is 6.15. The molecule has 0 saturated heterocycles. The zero-order valence-corrected chi connectivity index (χ0v) is 32.7. The predicted octanol–water partition coefficient (Wildman–Crippen LogP) is 10.8. The van der Waals surface area contributed by atoms with Crippen molar-refractivity contribution in [3.63, 3.8) is 0 Å². The summed E-state index contributed by atoms with van der Waals surface area (Å²) in [5.74, 6) is 0.847. The van der Waals surface area contributed by atoms with Crippen molar-refractivity contribution in [3.05, 3.63) is 89.5 Å². The van der Waals surface area contributed by atoms with Crippen LogP contribution in [0.5, 0.6) is 11.5 Å². The maximum atomic E-state index is 13.7. The van der Waals surface area contributed by atoms with E-state index in [4.69, 9.17) is 14.6 Å². The minimum atomic E-state index is -0.0791. The van der Waals surface area contributed by atoms with Gasteiger partial charge < -0.3 is 29.6 Å². The SMILES string of the molecule is CC.CC.CCC.CCl.CCl.Cc1cccc2c(O)cc3c(c12)CCN3C(=O)c1ccc2[nH]c(-c3cccc(OCCOCCO)c3)cc2c1. The Kier molecular flexibility index (Phi) is 21.6. The van der Waals surface area contributed by atoms with Gasteiger partial charge in [-0.15, -0.1) is 23.2 Å². The largest absolute Gasteiger partial charge is 0.507 e. The topological polar surface area (TPSA) is 95.0 Å². The van der Waals surface area contributed by atoms with E-state index in [1.165, 1.54) is 19.2 Å². The molecular formula is C41H56Cl2N2O5. The predicted molar refractivity (Wildman–Crippen MR) is 215 cm³/mol. The number of aromatic nitrogens is 1. The molecule has 4 aromatic carbocycles. The van der Waals surface area contributed by atoms with Crippen molar-refractivity contribution in [1.29, 1.82) is 0 Å². The molecule has 5 aromatic rings. The molecule has 0 radical (unpaired) electrons. The van der Waals surface area contributed by atoms with Crippen molar-refractivity contribution in [2.24, 2.45) is 0 Å². The average Bonchev–Trinajstić information content (AvgIpc) is 3.79. The molecule has 2 heterocycles. The third-order valence-corrected chi connectivity index (χ3v) is 7.30. The van der Waals surface area contributed by atoms with Crippen LogP contribution in [0.1, 0.15) is 69.4 Å². The molecular weight excluding hydrogens is 671 g/mol. The summed E-state index contributed by atoms with van der Waals surface area (Å²) < 4.78 is 11.0. The van der Waals surface area contributed by atoms with Gasteiger partial charge in [0, 0.05) is 58.5 Å². The number of benzene rings is 4. The maximum absolute atomic E-state index is 13.7. The first kappa shape index (κ1) is 44.3. The second kappa shape index (κ2) is 24.4. The molecule has 274 valence electrons. The number of aliphatic hydroxyl groups excluding tert-OH is 1. The fourth-order valence-electron chi connectivity index (χ4n) is 5.47. The molecule has 3 N–H and O–H groups in total. The van der Waals surface area contributed by atoms with E-state index in [0.29, 0.717) is 31.9 Å². The number of fused-ring (bicyclic) bond motifs is 4. The second-order valence-corrected chi connectivity index (χ2v) is 10.5. The van der Waals surface area contributed by atoms with Crippen LogP contribution < -0.4 is 9.64 Å². The highest BCUT2D eigenvalue weighted by Crippen LogP contribution is 2.41. The van der Waals surface area contributed by atoms with E-state index in [1.54, 1.807) is 11.0 Å². The lowest BCUT2D eigenvalue weighted by Gasteiger charge is -2.19. The van der Waals surface area contributed by atoms with Crippen LogP contribution in [0, 0.1) is 6.92 Å². The van der Waals surface area contributed by atoms with Crippen LogP contribution in [0.15, 0.2) is 72.8 Å². The number of nitrogens with zero attached hydrogens (tertiary/aromatic N) is 1. The number of aryl methyl sites for hydroxylation is 1. The lowest BCUT2D eigenvalue weighted by atomic mass is 9.97. The Morgan fingerprint density at radius 3 is 2.24 bits per heavy atom. The smallest absolute Gasteiger partial charge is 0.258 e. The third-order valence-electron chi connectivity index (χ3n) is 7.30. The van der Waals surface area contributed by atoms with Gasteiger partial charge in [-0.05, 0) is 66.3 Å². The van der Waals surface area contributed by atoms with E-state index >= 15 is 0 Å². The number of aromatic hydroxyl groups is 1. The molecule has 1 aromatic heterocycles. The Morgan fingerprint density at radius 2 is 1.56 bits per heavy atom. The van der Waals surface area contributed by atoms with Crippen molar-refractivity contribution >= 4 is 56.5 Å². The van der Waals surface area contributed by atoms with E-state index in [-0.39, 0.29) is 18.3 Å². The molecule has 0 saturated carbocycles. The van der Waals surface area contributed by atoms with Gasteiger partial charge in [0.1, 0.15) is 18.1 Å². The number of aliphatic hydroxyl groups is 1. The highest BCUT2D eigenvalue weighted by atomic mass is 35.5. The van der Waals surface area contributed by atoms with Gasteiger partial charge in [0.2, 0.25) is 0 Å². The molecule has 1 aliphatic rings. The van der Waals surface area contributed by atoms with Gasteiger partial charge in [-0.2, -0.15) is 0 Å². The van der Waals surface area contributed by atoms with Crippen molar-refractivity contribution in [2.75, 3.05) is 50.6 Å². The Bertz CT molecular complexity index is 1720. The van der Waals surface area contributed by atoms with E-state index in [0.717, 1.165) is 61.9 Å². The van der Waals surface area contributed by atoms with Crippen molar-refractivity contribution in [1.82, 2.24) is 4.98 Å². The zero-order valence-electron chi connectivity index (χ0n) is 31.2. The summed E-state index contributed by atoms with van der Waals surface area (Å²) in [5.41, 5.74) is 6.43. The Hall–Kier alpha value is -3.75. The van der Waals surface area contributed by atoms with Crippen LogP contribution in [0.4, 0.5) is 5.69 Å². The number of carbonyl (C=O) groups is 1. The van der Waals surface area contributed by atoms with Gasteiger partial charge in [-0.25, -0.2) is 0 Å². The normalized spacial score (nSPS) is 10.8. The Morgan fingerprint density at radius 1 is 0.880 bits per heavy atom. The number of amides is 1. The van der Waals surface area contributed by atoms with Crippen molar-refractivity contribution < 1.29 is 24.5 Å². The van der Waals surface area contributed by atoms with Gasteiger partial charge >= 0.3 is 0 Å². The molecule has 1 aliphatic heterocycles. The number of H-pyrrole nitrogens is 1. The summed E-state index contributed by atoms with van der Waals surface area (Å²) >= 11 is 9.28. The molecule has 1 amide bonds. The Balaban J connectivity index is 0.00000103. The number of hydrogen-bond donors (Lipinski definition) is 3. The molecule has 50 heavy (non-hydrogen) atoms. The molecule has 7 nitrogen and oxygen atoms in total. The first-order chi connectivity index (χ1) is 24.4. The summed E-state index contributed by atoms with van der Waals surface area (Å²) in [6.45, 7) is 16.0.